The van der Waals surface area contributed by atoms with E-state index in [0.29, 0.717) is 0 Å². The molecule has 0 radical (unpaired) electrons. The van der Waals surface area contributed by atoms with Crippen LogP contribution in [0.4, 0.5) is 0 Å². The first-order valence-electron chi connectivity index (χ1n) is 6.60. The predicted molar refractivity (Wildman–Crippen MR) is 73.2 cm³/mol. The van der Waals surface area contributed by atoms with Crippen LogP contribution >= 0.6 is 0 Å². The van der Waals surface area contributed by atoms with E-state index in [9.17, 15) is 0 Å². The van der Waals surface area contributed by atoms with E-state index in [1.165, 1.54) is 0 Å². The van der Waals surface area contributed by atoms with Crippen molar-refractivity contribution in [3.05, 3.63) is 23.8 Å². The van der Waals surface area contributed by atoms with Crippen LogP contribution in [0.1, 0.15) is 30.9 Å². The van der Waals surface area contributed by atoms with E-state index < -0.39 is 0 Å². The van der Waals surface area contributed by atoms with Gasteiger partial charge in [0.1, 0.15) is 11.5 Å². The Hall–Kier alpha value is -1.30. The number of hydrogen-bond acceptors (Lipinski definition) is 5. The lowest BCUT2D eigenvalue weighted by atomic mass is 9.94. The van der Waals surface area contributed by atoms with Crippen LogP contribution in [0, 0.1) is 0 Å². The summed E-state index contributed by atoms with van der Waals surface area (Å²) >= 11 is 0. The number of rotatable bonds is 5. The maximum absolute atomic E-state index is 5.83. The van der Waals surface area contributed by atoms with Crippen molar-refractivity contribution in [3.63, 3.8) is 0 Å². The Bertz CT molecular complexity index is 383. The Kier molecular flexibility index (Phi) is 5.01. The highest BCUT2D eigenvalue weighted by Crippen LogP contribution is 2.37. The van der Waals surface area contributed by atoms with E-state index in [1.54, 1.807) is 14.2 Å². The van der Waals surface area contributed by atoms with E-state index >= 15 is 0 Å². The number of hydrazine groups is 1. The van der Waals surface area contributed by atoms with Crippen molar-refractivity contribution >= 4 is 0 Å². The predicted octanol–water partition coefficient (Wildman–Crippen LogP) is 1.78. The van der Waals surface area contributed by atoms with E-state index in [1.807, 2.05) is 18.2 Å². The van der Waals surface area contributed by atoms with Crippen molar-refractivity contribution < 1.29 is 14.2 Å². The molecule has 0 spiro atoms. The van der Waals surface area contributed by atoms with Gasteiger partial charge in [0.2, 0.25) is 0 Å². The topological polar surface area (TPSA) is 65.7 Å². The van der Waals surface area contributed by atoms with E-state index in [-0.39, 0.29) is 12.1 Å². The molecular weight excluding hydrogens is 244 g/mol. The second-order valence-corrected chi connectivity index (χ2v) is 4.63. The van der Waals surface area contributed by atoms with Gasteiger partial charge in [-0.25, -0.2) is 0 Å². The molecule has 2 unspecified atom stereocenters. The van der Waals surface area contributed by atoms with Crippen LogP contribution in [0.2, 0.25) is 0 Å². The van der Waals surface area contributed by atoms with Gasteiger partial charge in [0.05, 0.1) is 31.9 Å². The number of methoxy groups -OCH3 is 2. The third-order valence-corrected chi connectivity index (χ3v) is 3.54. The van der Waals surface area contributed by atoms with Crippen molar-refractivity contribution in [3.8, 4) is 11.5 Å². The highest BCUT2D eigenvalue weighted by Gasteiger charge is 2.30. The average Bonchev–Trinajstić information content (AvgIpc) is 2.49. The van der Waals surface area contributed by atoms with Crippen LogP contribution < -0.4 is 20.7 Å². The van der Waals surface area contributed by atoms with Crippen LogP contribution in [0.15, 0.2) is 18.2 Å². The van der Waals surface area contributed by atoms with Gasteiger partial charge in [0.15, 0.2) is 0 Å². The maximum Gasteiger partial charge on any atom is 0.127 e. The summed E-state index contributed by atoms with van der Waals surface area (Å²) < 4.78 is 16.7. The fourth-order valence-corrected chi connectivity index (χ4v) is 2.59. The molecule has 0 bridgehead atoms. The average molecular weight is 266 g/mol. The first-order valence-corrected chi connectivity index (χ1v) is 6.60. The van der Waals surface area contributed by atoms with Crippen molar-refractivity contribution in [2.75, 3.05) is 20.8 Å². The molecule has 19 heavy (non-hydrogen) atoms. The van der Waals surface area contributed by atoms with Crippen LogP contribution in [0.5, 0.6) is 11.5 Å². The summed E-state index contributed by atoms with van der Waals surface area (Å²) in [6.45, 7) is 0.778. The quantitative estimate of drug-likeness (QED) is 0.628. The monoisotopic (exact) mass is 266 g/mol. The molecule has 5 nitrogen and oxygen atoms in total. The van der Waals surface area contributed by atoms with E-state index in [0.717, 1.165) is 42.9 Å². The minimum Gasteiger partial charge on any atom is -0.496 e. The summed E-state index contributed by atoms with van der Waals surface area (Å²) in [6, 6.07) is 5.58. The van der Waals surface area contributed by atoms with Crippen LogP contribution in [0.25, 0.3) is 0 Å². The Labute approximate surface area is 114 Å². The van der Waals surface area contributed by atoms with Crippen molar-refractivity contribution in [2.45, 2.75) is 31.4 Å². The van der Waals surface area contributed by atoms with Gasteiger partial charge in [-0.05, 0) is 31.4 Å². The molecule has 2 rings (SSSR count). The molecule has 5 heteroatoms. The summed E-state index contributed by atoms with van der Waals surface area (Å²) in [6.07, 6.45) is 3.29. The molecule has 1 fully saturated rings. The summed E-state index contributed by atoms with van der Waals surface area (Å²) in [5, 5.41) is 0. The molecule has 3 N–H and O–H groups in total. The molecule has 1 aromatic rings. The number of ether oxygens (including phenoxy) is 3. The largest absolute Gasteiger partial charge is 0.496 e. The molecule has 1 aliphatic rings. The van der Waals surface area contributed by atoms with Gasteiger partial charge in [-0.1, -0.05) is 6.07 Å². The first-order chi connectivity index (χ1) is 9.31. The zero-order chi connectivity index (χ0) is 13.7. The minimum atomic E-state index is -0.133. The van der Waals surface area contributed by atoms with E-state index in [4.69, 9.17) is 20.1 Å². The van der Waals surface area contributed by atoms with Gasteiger partial charge in [-0.15, -0.1) is 0 Å². The zero-order valence-electron chi connectivity index (χ0n) is 11.5. The molecule has 0 saturated carbocycles. The Morgan fingerprint density at radius 3 is 2.42 bits per heavy atom. The van der Waals surface area contributed by atoms with Crippen molar-refractivity contribution in [1.29, 1.82) is 0 Å². The molecule has 1 aliphatic heterocycles. The van der Waals surface area contributed by atoms with Crippen LogP contribution in [0.3, 0.4) is 0 Å². The third-order valence-electron chi connectivity index (χ3n) is 3.54. The summed E-state index contributed by atoms with van der Waals surface area (Å²) in [7, 11) is 3.29. The smallest absolute Gasteiger partial charge is 0.127 e. The minimum absolute atomic E-state index is 0.0453. The number of benzene rings is 1. The Morgan fingerprint density at radius 1 is 1.26 bits per heavy atom. The molecular formula is C14H22N2O3. The van der Waals surface area contributed by atoms with Crippen LogP contribution in [-0.2, 0) is 4.74 Å². The van der Waals surface area contributed by atoms with Crippen molar-refractivity contribution in [1.82, 2.24) is 5.43 Å². The maximum atomic E-state index is 5.83. The lowest BCUT2D eigenvalue weighted by Crippen LogP contribution is -2.40. The van der Waals surface area contributed by atoms with Gasteiger partial charge in [0.25, 0.3) is 0 Å². The molecule has 106 valence electrons. The summed E-state index contributed by atoms with van der Waals surface area (Å²) in [5.41, 5.74) is 3.77. The normalized spacial score (nSPS) is 20.9. The summed E-state index contributed by atoms with van der Waals surface area (Å²) in [5.74, 6) is 7.26. The third kappa shape index (κ3) is 3.00. The molecule has 0 aromatic heterocycles. The number of nitrogens with two attached hydrogens (primary N) is 1. The van der Waals surface area contributed by atoms with Gasteiger partial charge >= 0.3 is 0 Å². The number of nitrogens with one attached hydrogen (secondary N) is 1. The fraction of sp³-hybridized carbons (Fsp3) is 0.571. The molecule has 0 aliphatic carbocycles. The second-order valence-electron chi connectivity index (χ2n) is 4.63. The van der Waals surface area contributed by atoms with Gasteiger partial charge in [-0.3, -0.25) is 11.3 Å². The Balaban J connectivity index is 2.35. The highest BCUT2D eigenvalue weighted by molar-refractivity contribution is 5.47. The molecule has 2 atom stereocenters. The lowest BCUT2D eigenvalue weighted by Gasteiger charge is -2.31. The highest BCUT2D eigenvalue weighted by atomic mass is 16.5. The fourth-order valence-electron chi connectivity index (χ4n) is 2.59. The first kappa shape index (κ1) is 14.1. The van der Waals surface area contributed by atoms with Gasteiger partial charge in [-0.2, -0.15) is 0 Å². The summed E-state index contributed by atoms with van der Waals surface area (Å²) in [4.78, 5) is 0. The Morgan fingerprint density at radius 2 is 1.95 bits per heavy atom. The zero-order valence-corrected chi connectivity index (χ0v) is 11.5. The lowest BCUT2D eigenvalue weighted by molar-refractivity contribution is -0.00912. The van der Waals surface area contributed by atoms with Gasteiger partial charge < -0.3 is 14.2 Å². The molecule has 1 heterocycles. The van der Waals surface area contributed by atoms with Crippen LogP contribution in [-0.4, -0.2) is 26.9 Å². The van der Waals surface area contributed by atoms with E-state index in [2.05, 4.69) is 5.43 Å². The van der Waals surface area contributed by atoms with Gasteiger partial charge in [0, 0.05) is 6.61 Å². The molecule has 1 saturated heterocycles. The number of hydrogen-bond donors (Lipinski definition) is 2. The SMILES string of the molecule is COc1cccc(OC)c1C(NN)C1CCCCO1. The standard InChI is InChI=1S/C14H22N2O3/c1-17-10-7-5-8-11(18-2)13(10)14(16-15)12-6-3-4-9-19-12/h5,7-8,12,14,16H,3-4,6,9,15H2,1-2H3. The molecule has 0 amide bonds. The van der Waals surface area contributed by atoms with Crippen molar-refractivity contribution in [2.24, 2.45) is 5.84 Å². The second kappa shape index (κ2) is 6.75. The molecule has 1 aromatic carbocycles.